The highest BCUT2D eigenvalue weighted by atomic mass is 35.5. The zero-order chi connectivity index (χ0) is 18.1. The van der Waals surface area contributed by atoms with Crippen LogP contribution < -0.4 is 5.56 Å². The molecule has 0 unspecified atom stereocenters. The largest absolute Gasteiger partial charge is 0.269 e. The van der Waals surface area contributed by atoms with Crippen LogP contribution in [0.4, 0.5) is 0 Å². The van der Waals surface area contributed by atoms with Gasteiger partial charge in [-0.05, 0) is 41.6 Å². The maximum Gasteiger partial charge on any atom is 0.258 e. The molecule has 4 rings (SSSR count). The van der Waals surface area contributed by atoms with Crippen molar-refractivity contribution in [3.8, 4) is 5.69 Å². The van der Waals surface area contributed by atoms with E-state index < -0.39 is 0 Å². The molecule has 3 aromatic heterocycles. The monoisotopic (exact) mass is 384 g/mol. The van der Waals surface area contributed by atoms with Crippen molar-refractivity contribution in [1.29, 1.82) is 0 Å². The molecule has 4 aromatic rings. The van der Waals surface area contributed by atoms with Gasteiger partial charge in [-0.25, -0.2) is 4.98 Å². The highest BCUT2D eigenvalue weighted by molar-refractivity contribution is 7.98. The summed E-state index contributed by atoms with van der Waals surface area (Å²) in [6.07, 6.45) is 1.56. The van der Waals surface area contributed by atoms with Gasteiger partial charge in [-0.3, -0.25) is 9.20 Å². The maximum absolute atomic E-state index is 12.2. The third-order valence-corrected chi connectivity index (χ3v) is 4.92. The predicted octanol–water partition coefficient (Wildman–Crippen LogP) is 2.92. The number of aryl methyl sites for hydroxylation is 1. The molecule has 0 aliphatic carbocycles. The van der Waals surface area contributed by atoms with Gasteiger partial charge in [-0.2, -0.15) is 4.68 Å². The summed E-state index contributed by atoms with van der Waals surface area (Å²) in [5.41, 5.74) is 3.07. The van der Waals surface area contributed by atoms with Gasteiger partial charge < -0.3 is 0 Å². The van der Waals surface area contributed by atoms with E-state index >= 15 is 0 Å². The third-order valence-electron chi connectivity index (χ3n) is 3.75. The van der Waals surface area contributed by atoms with Crippen LogP contribution in [0.3, 0.4) is 0 Å². The van der Waals surface area contributed by atoms with Crippen molar-refractivity contribution in [3.05, 3.63) is 75.3 Å². The van der Waals surface area contributed by atoms with E-state index in [1.807, 2.05) is 31.2 Å². The summed E-state index contributed by atoms with van der Waals surface area (Å²) in [6, 6.07) is 12.8. The van der Waals surface area contributed by atoms with E-state index in [1.54, 1.807) is 23.0 Å². The summed E-state index contributed by atoms with van der Waals surface area (Å²) >= 11 is 7.34. The van der Waals surface area contributed by atoms with Crippen molar-refractivity contribution in [2.24, 2.45) is 0 Å². The van der Waals surface area contributed by atoms with E-state index in [2.05, 4.69) is 20.5 Å². The Kier molecular flexibility index (Phi) is 4.44. The van der Waals surface area contributed by atoms with Crippen molar-refractivity contribution in [1.82, 2.24) is 29.6 Å². The molecule has 0 aliphatic rings. The summed E-state index contributed by atoms with van der Waals surface area (Å²) in [5.74, 6) is 0.473. The number of benzene rings is 1. The summed E-state index contributed by atoms with van der Waals surface area (Å²) in [5, 5.41) is 13.0. The Labute approximate surface area is 157 Å². The van der Waals surface area contributed by atoms with Crippen LogP contribution in [0.25, 0.3) is 11.3 Å². The summed E-state index contributed by atoms with van der Waals surface area (Å²) < 4.78 is 3.09. The Bertz CT molecular complexity index is 1140. The molecule has 0 amide bonds. The first-order chi connectivity index (χ1) is 12.6. The molecule has 0 atom stereocenters. The summed E-state index contributed by atoms with van der Waals surface area (Å²) in [7, 11) is 0. The number of halogens is 1. The SMILES string of the molecule is Cc1ccc(-n2nnnc2SCc2cc(=O)n3cc(Cl)ccc3n2)cc1. The first-order valence-corrected chi connectivity index (χ1v) is 9.12. The second-order valence-corrected chi connectivity index (χ2v) is 7.04. The van der Waals surface area contributed by atoms with Gasteiger partial charge in [0.05, 0.1) is 16.4 Å². The van der Waals surface area contributed by atoms with Gasteiger partial charge in [0, 0.05) is 18.0 Å². The smallest absolute Gasteiger partial charge is 0.258 e. The molecule has 0 aliphatic heterocycles. The van der Waals surface area contributed by atoms with E-state index in [0.29, 0.717) is 27.3 Å². The Morgan fingerprint density at radius 2 is 1.96 bits per heavy atom. The molecule has 0 saturated heterocycles. The van der Waals surface area contributed by atoms with Crippen molar-refractivity contribution >= 4 is 29.0 Å². The lowest BCUT2D eigenvalue weighted by Crippen LogP contribution is -2.15. The van der Waals surface area contributed by atoms with Crippen molar-refractivity contribution in [3.63, 3.8) is 0 Å². The Balaban J connectivity index is 1.60. The molecule has 130 valence electrons. The molecular formula is C17H13ClN6OS. The van der Waals surface area contributed by atoms with Crippen molar-refractivity contribution in [2.75, 3.05) is 0 Å². The molecule has 0 fully saturated rings. The van der Waals surface area contributed by atoms with E-state index in [1.165, 1.54) is 22.2 Å². The summed E-state index contributed by atoms with van der Waals surface area (Å²) in [6.45, 7) is 2.02. The van der Waals surface area contributed by atoms with Gasteiger partial charge in [0.2, 0.25) is 5.16 Å². The van der Waals surface area contributed by atoms with Gasteiger partial charge >= 0.3 is 0 Å². The minimum atomic E-state index is -0.175. The number of nitrogens with zero attached hydrogens (tertiary/aromatic N) is 6. The van der Waals surface area contributed by atoms with E-state index in [0.717, 1.165) is 11.3 Å². The fourth-order valence-electron chi connectivity index (χ4n) is 2.46. The number of pyridine rings is 1. The maximum atomic E-state index is 12.2. The highest BCUT2D eigenvalue weighted by Gasteiger charge is 2.11. The minimum absolute atomic E-state index is 0.175. The van der Waals surface area contributed by atoms with Crippen LogP contribution in [0.1, 0.15) is 11.3 Å². The number of fused-ring (bicyclic) bond motifs is 1. The molecule has 0 radical (unpaired) electrons. The van der Waals surface area contributed by atoms with Gasteiger partial charge in [0.1, 0.15) is 5.65 Å². The van der Waals surface area contributed by atoms with Crippen LogP contribution in [0.2, 0.25) is 5.02 Å². The van der Waals surface area contributed by atoms with E-state index in [9.17, 15) is 4.79 Å². The number of tetrazole rings is 1. The molecular weight excluding hydrogens is 372 g/mol. The molecule has 1 aromatic carbocycles. The second kappa shape index (κ2) is 6.89. The molecule has 0 bridgehead atoms. The normalized spacial score (nSPS) is 11.2. The van der Waals surface area contributed by atoms with Crippen LogP contribution >= 0.6 is 23.4 Å². The van der Waals surface area contributed by atoms with Crippen molar-refractivity contribution in [2.45, 2.75) is 17.8 Å². The zero-order valence-electron chi connectivity index (χ0n) is 13.7. The quantitative estimate of drug-likeness (QED) is 0.503. The number of aromatic nitrogens is 6. The predicted molar refractivity (Wildman–Crippen MR) is 99.9 cm³/mol. The second-order valence-electron chi connectivity index (χ2n) is 5.66. The van der Waals surface area contributed by atoms with Crippen LogP contribution in [-0.4, -0.2) is 29.6 Å². The van der Waals surface area contributed by atoms with Crippen LogP contribution in [0.15, 0.2) is 58.6 Å². The number of rotatable bonds is 4. The minimum Gasteiger partial charge on any atom is -0.269 e. The van der Waals surface area contributed by atoms with Gasteiger partial charge in [0.25, 0.3) is 5.56 Å². The fourth-order valence-corrected chi connectivity index (χ4v) is 3.40. The zero-order valence-corrected chi connectivity index (χ0v) is 15.3. The van der Waals surface area contributed by atoms with E-state index in [4.69, 9.17) is 11.6 Å². The molecule has 0 spiro atoms. The molecule has 7 nitrogen and oxygen atoms in total. The number of thioether (sulfide) groups is 1. The molecule has 26 heavy (non-hydrogen) atoms. The number of hydrogen-bond acceptors (Lipinski definition) is 6. The molecule has 9 heteroatoms. The Hall–Kier alpha value is -2.71. The highest BCUT2D eigenvalue weighted by Crippen LogP contribution is 2.22. The van der Waals surface area contributed by atoms with Gasteiger partial charge in [0.15, 0.2) is 0 Å². The van der Waals surface area contributed by atoms with E-state index in [-0.39, 0.29) is 5.56 Å². The molecule has 3 heterocycles. The van der Waals surface area contributed by atoms with Crippen molar-refractivity contribution < 1.29 is 0 Å². The van der Waals surface area contributed by atoms with Gasteiger partial charge in [-0.15, -0.1) is 5.10 Å². The topological polar surface area (TPSA) is 78.0 Å². The third kappa shape index (κ3) is 3.33. The average Bonchev–Trinajstić information content (AvgIpc) is 3.10. The Morgan fingerprint density at radius 3 is 2.77 bits per heavy atom. The average molecular weight is 385 g/mol. The number of hydrogen-bond donors (Lipinski definition) is 0. The molecule has 0 saturated carbocycles. The molecule has 0 N–H and O–H groups in total. The van der Waals surface area contributed by atoms with Crippen LogP contribution in [0.5, 0.6) is 0 Å². The summed E-state index contributed by atoms with van der Waals surface area (Å²) in [4.78, 5) is 16.7. The Morgan fingerprint density at radius 1 is 1.15 bits per heavy atom. The van der Waals surface area contributed by atoms with Crippen LogP contribution in [0, 0.1) is 6.92 Å². The first-order valence-electron chi connectivity index (χ1n) is 7.76. The lowest BCUT2D eigenvalue weighted by atomic mass is 10.2. The van der Waals surface area contributed by atoms with Gasteiger partial charge in [-0.1, -0.05) is 41.1 Å². The first kappa shape index (κ1) is 16.7. The van der Waals surface area contributed by atoms with Crippen LogP contribution in [-0.2, 0) is 5.75 Å². The lowest BCUT2D eigenvalue weighted by molar-refractivity contribution is 0.756. The lowest BCUT2D eigenvalue weighted by Gasteiger charge is -2.06. The fraction of sp³-hybridized carbons (Fsp3) is 0.118. The standard InChI is InChI=1S/C17H13ClN6OS/c1-11-2-5-14(6-3-11)24-17(20-21-22-24)26-10-13-8-16(25)23-9-12(18)4-7-15(23)19-13/h2-9H,10H2,1H3.